The zero-order valence-corrected chi connectivity index (χ0v) is 14.3. The van der Waals surface area contributed by atoms with Crippen LogP contribution in [0.15, 0.2) is 72.8 Å². The quantitative estimate of drug-likeness (QED) is 0.554. The third-order valence-electron chi connectivity index (χ3n) is 4.92. The fourth-order valence-electron chi connectivity index (χ4n) is 3.78. The summed E-state index contributed by atoms with van der Waals surface area (Å²) in [6.07, 6.45) is 2.37. The van der Waals surface area contributed by atoms with Gasteiger partial charge in [-0.2, -0.15) is 0 Å². The maximum absolute atomic E-state index is 12.0. The van der Waals surface area contributed by atoms with E-state index in [2.05, 4.69) is 55.1 Å². The van der Waals surface area contributed by atoms with Crippen molar-refractivity contribution in [2.24, 2.45) is 0 Å². The minimum atomic E-state index is -0.402. The average Bonchev–Trinajstić information content (AvgIpc) is 2.89. The van der Waals surface area contributed by atoms with E-state index in [-0.39, 0.29) is 5.97 Å². The van der Waals surface area contributed by atoms with Crippen molar-refractivity contribution in [3.05, 3.63) is 83.9 Å². The molecule has 2 aromatic rings. The summed E-state index contributed by atoms with van der Waals surface area (Å²) < 4.78 is 5.85. The Kier molecular flexibility index (Phi) is 3.97. The van der Waals surface area contributed by atoms with Gasteiger partial charge in [-0.3, -0.25) is 0 Å². The molecule has 2 aliphatic heterocycles. The van der Waals surface area contributed by atoms with Gasteiger partial charge in [0.25, 0.3) is 0 Å². The minimum Gasteiger partial charge on any atom is -0.455 e. The number of carbonyl (C=O) groups is 1. The number of ether oxygens (including phenoxy) is 1. The van der Waals surface area contributed by atoms with E-state index in [1.54, 1.807) is 0 Å². The molecule has 3 heteroatoms. The summed E-state index contributed by atoms with van der Waals surface area (Å²) in [5, 5.41) is 0.646. The fourth-order valence-corrected chi connectivity index (χ4v) is 5.60. The molecule has 1 unspecified atom stereocenters. The van der Waals surface area contributed by atoms with E-state index >= 15 is 0 Å². The number of rotatable bonds is 2. The second-order valence-corrected chi connectivity index (χ2v) is 8.11. The molecule has 2 heterocycles. The van der Waals surface area contributed by atoms with Crippen LogP contribution in [0, 0.1) is 0 Å². The lowest BCUT2D eigenvalue weighted by Crippen LogP contribution is -2.35. The maximum Gasteiger partial charge on any atom is 0.334 e. The topological polar surface area (TPSA) is 26.3 Å². The highest BCUT2D eigenvalue weighted by Gasteiger charge is 2.49. The molecule has 3 atom stereocenters. The molecule has 2 aromatic carbocycles. The molecular weight excluding hydrogens is 316 g/mol. The molecule has 0 aromatic heterocycles. The summed E-state index contributed by atoms with van der Waals surface area (Å²) in [5.74, 6) is -0.222. The van der Waals surface area contributed by atoms with Crippen LogP contribution in [-0.4, -0.2) is 11.6 Å². The van der Waals surface area contributed by atoms with Crippen molar-refractivity contribution >= 4 is 17.7 Å². The lowest BCUT2D eigenvalue weighted by molar-refractivity contribution is -0.147. The van der Waals surface area contributed by atoms with Crippen LogP contribution >= 0.6 is 11.8 Å². The van der Waals surface area contributed by atoms with Crippen LogP contribution in [0.1, 0.15) is 40.9 Å². The van der Waals surface area contributed by atoms with Gasteiger partial charge in [-0.05, 0) is 11.1 Å². The third kappa shape index (κ3) is 2.89. The standard InChI is InChI=1S/C21H20O2S/c1-15-12-21(23-20(15)22)13-18(16-8-4-2-5-9-16)24-19(14-21)17-10-6-3-7-11-17/h2-11,18-19H,1,12-14H2/t18-,19+,21?. The summed E-state index contributed by atoms with van der Waals surface area (Å²) in [4.78, 5) is 12.0. The molecular formula is C21H20O2S. The molecule has 0 radical (unpaired) electrons. The first kappa shape index (κ1) is 15.5. The molecule has 2 aliphatic rings. The fraction of sp³-hybridized carbons (Fsp3) is 0.286. The SMILES string of the molecule is C=C1CC2(C[C@@H](c3ccccc3)S[C@@H](c3ccccc3)C2)OC1=O. The molecule has 2 nitrogen and oxygen atoms in total. The number of benzene rings is 2. The van der Waals surface area contributed by atoms with E-state index in [4.69, 9.17) is 4.74 Å². The van der Waals surface area contributed by atoms with Crippen molar-refractivity contribution in [3.8, 4) is 0 Å². The van der Waals surface area contributed by atoms with Gasteiger partial charge >= 0.3 is 5.97 Å². The van der Waals surface area contributed by atoms with E-state index in [0.29, 0.717) is 22.5 Å². The third-order valence-corrected chi connectivity index (χ3v) is 6.45. The normalized spacial score (nSPS) is 29.7. The van der Waals surface area contributed by atoms with Gasteiger partial charge < -0.3 is 4.74 Å². The minimum absolute atomic E-state index is 0.222. The van der Waals surface area contributed by atoms with E-state index in [1.165, 1.54) is 11.1 Å². The van der Waals surface area contributed by atoms with Crippen LogP contribution < -0.4 is 0 Å². The first-order valence-electron chi connectivity index (χ1n) is 8.32. The van der Waals surface area contributed by atoms with Gasteiger partial charge in [-0.25, -0.2) is 4.79 Å². The first-order chi connectivity index (χ1) is 11.7. The van der Waals surface area contributed by atoms with Crippen molar-refractivity contribution in [2.75, 3.05) is 0 Å². The monoisotopic (exact) mass is 336 g/mol. The van der Waals surface area contributed by atoms with E-state index in [0.717, 1.165) is 12.8 Å². The highest BCUT2D eigenvalue weighted by Crippen LogP contribution is 2.57. The van der Waals surface area contributed by atoms with Crippen molar-refractivity contribution < 1.29 is 9.53 Å². The second-order valence-electron chi connectivity index (χ2n) is 6.70. The lowest BCUT2D eigenvalue weighted by atomic mass is 9.84. The van der Waals surface area contributed by atoms with Crippen LogP contribution in [0.5, 0.6) is 0 Å². The predicted octanol–water partition coefficient (Wildman–Crippen LogP) is 5.24. The summed E-state index contributed by atoms with van der Waals surface area (Å²) in [5.41, 5.74) is 2.81. The number of carbonyl (C=O) groups excluding carboxylic acids is 1. The molecule has 4 rings (SSSR count). The first-order valence-corrected chi connectivity index (χ1v) is 9.26. The van der Waals surface area contributed by atoms with Crippen molar-refractivity contribution in [2.45, 2.75) is 35.4 Å². The molecule has 24 heavy (non-hydrogen) atoms. The summed E-state index contributed by atoms with van der Waals surface area (Å²) in [6, 6.07) is 21.1. The van der Waals surface area contributed by atoms with Crippen LogP contribution in [-0.2, 0) is 9.53 Å². The van der Waals surface area contributed by atoms with E-state index in [1.807, 2.05) is 23.9 Å². The average molecular weight is 336 g/mol. The van der Waals surface area contributed by atoms with Gasteiger partial charge in [-0.1, -0.05) is 67.2 Å². The second kappa shape index (κ2) is 6.14. The Balaban J connectivity index is 1.69. The van der Waals surface area contributed by atoms with Gasteiger partial charge in [0.2, 0.25) is 0 Å². The Morgan fingerprint density at radius 2 is 1.42 bits per heavy atom. The summed E-state index contributed by atoms with van der Waals surface area (Å²) in [7, 11) is 0. The van der Waals surface area contributed by atoms with Crippen LogP contribution in [0.2, 0.25) is 0 Å². The van der Waals surface area contributed by atoms with Crippen LogP contribution in [0.3, 0.4) is 0 Å². The highest BCUT2D eigenvalue weighted by molar-refractivity contribution is 7.99. The molecule has 2 fully saturated rings. The van der Waals surface area contributed by atoms with E-state index in [9.17, 15) is 4.79 Å². The van der Waals surface area contributed by atoms with Crippen molar-refractivity contribution in [1.82, 2.24) is 0 Å². The predicted molar refractivity (Wildman–Crippen MR) is 97.8 cm³/mol. The Hall–Kier alpha value is -2.00. The number of hydrogen-bond donors (Lipinski definition) is 0. The van der Waals surface area contributed by atoms with Gasteiger partial charge in [0.1, 0.15) is 5.60 Å². The number of hydrogen-bond acceptors (Lipinski definition) is 3. The largest absolute Gasteiger partial charge is 0.455 e. The van der Waals surface area contributed by atoms with Crippen LogP contribution in [0.4, 0.5) is 0 Å². The molecule has 0 saturated carbocycles. The van der Waals surface area contributed by atoms with Gasteiger partial charge in [0.05, 0.1) is 0 Å². The van der Waals surface area contributed by atoms with Gasteiger partial charge in [0, 0.05) is 35.3 Å². The lowest BCUT2D eigenvalue weighted by Gasteiger charge is -2.41. The zero-order valence-electron chi connectivity index (χ0n) is 13.5. The molecule has 0 bridgehead atoms. The van der Waals surface area contributed by atoms with E-state index < -0.39 is 5.60 Å². The van der Waals surface area contributed by atoms with Crippen LogP contribution in [0.25, 0.3) is 0 Å². The number of thioether (sulfide) groups is 1. The highest BCUT2D eigenvalue weighted by atomic mass is 32.2. The summed E-state index contributed by atoms with van der Waals surface area (Å²) >= 11 is 1.98. The number of esters is 1. The molecule has 1 spiro atoms. The zero-order chi connectivity index (χ0) is 16.6. The van der Waals surface area contributed by atoms with Gasteiger partial charge in [0.15, 0.2) is 0 Å². The Morgan fingerprint density at radius 1 is 0.917 bits per heavy atom. The van der Waals surface area contributed by atoms with Crippen molar-refractivity contribution in [1.29, 1.82) is 0 Å². The molecule has 2 saturated heterocycles. The Morgan fingerprint density at radius 3 is 1.83 bits per heavy atom. The smallest absolute Gasteiger partial charge is 0.334 e. The van der Waals surface area contributed by atoms with Gasteiger partial charge in [-0.15, -0.1) is 11.8 Å². The summed E-state index contributed by atoms with van der Waals surface area (Å²) in [6.45, 7) is 3.90. The maximum atomic E-state index is 12.0. The van der Waals surface area contributed by atoms with Crippen molar-refractivity contribution in [3.63, 3.8) is 0 Å². The molecule has 122 valence electrons. The Bertz CT molecular complexity index is 688. The molecule has 0 amide bonds. The molecule has 0 aliphatic carbocycles. The molecule has 0 N–H and O–H groups in total. The Labute approximate surface area is 146 Å².